The number of rotatable bonds is 4. The van der Waals surface area contributed by atoms with Crippen LogP contribution in [-0.2, 0) is 11.0 Å². The molecule has 10 heteroatoms. The molecule has 1 atom stereocenters. The molecule has 168 valence electrons. The molecule has 0 saturated heterocycles. The molecule has 1 amide bonds. The lowest BCUT2D eigenvalue weighted by Crippen LogP contribution is -2.55. The largest absolute Gasteiger partial charge is 0.416 e. The van der Waals surface area contributed by atoms with Crippen LogP contribution in [0, 0.1) is 0 Å². The summed E-state index contributed by atoms with van der Waals surface area (Å²) >= 11 is 0. The van der Waals surface area contributed by atoms with Gasteiger partial charge in [0.25, 0.3) is 0 Å². The molecule has 0 fully saturated rings. The normalized spacial score (nSPS) is 16.6. The third-order valence-electron chi connectivity index (χ3n) is 5.56. The highest BCUT2D eigenvalue weighted by Crippen LogP contribution is 2.36. The number of anilines is 2. The van der Waals surface area contributed by atoms with Gasteiger partial charge in [-0.15, -0.1) is 0 Å². The monoisotopic (exact) mass is 444 g/mol. The van der Waals surface area contributed by atoms with Gasteiger partial charge >= 0.3 is 6.18 Å². The fraction of sp³-hybridized carbons (Fsp3) is 0.364. The van der Waals surface area contributed by atoms with E-state index in [0.29, 0.717) is 35.3 Å². The predicted molar refractivity (Wildman–Crippen MR) is 115 cm³/mol. The Labute approximate surface area is 183 Å². The van der Waals surface area contributed by atoms with Crippen LogP contribution in [0.4, 0.5) is 24.7 Å². The molecule has 1 aromatic carbocycles. The van der Waals surface area contributed by atoms with E-state index in [4.69, 9.17) is 4.98 Å². The number of imidazole rings is 1. The molecule has 4 rings (SSSR count). The van der Waals surface area contributed by atoms with Gasteiger partial charge in [0.05, 0.1) is 11.8 Å². The second-order valence-corrected chi connectivity index (χ2v) is 7.90. The molecule has 3 heterocycles. The summed E-state index contributed by atoms with van der Waals surface area (Å²) in [6, 6.07) is 4.48. The number of carbonyl (C=O) groups is 1. The maximum Gasteiger partial charge on any atom is 0.416 e. The van der Waals surface area contributed by atoms with Gasteiger partial charge in [-0.2, -0.15) is 18.2 Å². The molecule has 0 spiro atoms. The lowest BCUT2D eigenvalue weighted by molar-refractivity contribution is -0.137. The average Bonchev–Trinajstić information content (AvgIpc) is 3.24. The van der Waals surface area contributed by atoms with Crippen molar-refractivity contribution >= 4 is 17.4 Å². The Morgan fingerprint density at radius 1 is 1.12 bits per heavy atom. The standard InChI is InChI=1S/C22H23F3N6O/c1-5-16-20(32)29(4)17-12-27-21(28-19(17)31(16)13(2)3)30-11-10-26-18(30)14-6-8-15(9-7-14)22(23,24)25/h6-13,16H,5H2,1-4H3. The lowest BCUT2D eigenvalue weighted by Gasteiger charge is -2.42. The van der Waals surface area contributed by atoms with Gasteiger partial charge in [0.2, 0.25) is 11.9 Å². The Morgan fingerprint density at radius 3 is 2.41 bits per heavy atom. The molecule has 3 aromatic rings. The van der Waals surface area contributed by atoms with Gasteiger partial charge in [-0.25, -0.2) is 9.97 Å². The molecule has 1 unspecified atom stereocenters. The number of hydrogen-bond donors (Lipinski definition) is 0. The van der Waals surface area contributed by atoms with Crippen LogP contribution in [0.5, 0.6) is 0 Å². The highest BCUT2D eigenvalue weighted by molar-refractivity contribution is 6.04. The second-order valence-electron chi connectivity index (χ2n) is 7.90. The summed E-state index contributed by atoms with van der Waals surface area (Å²) in [4.78, 5) is 29.8. The summed E-state index contributed by atoms with van der Waals surface area (Å²) in [6.07, 6.45) is 1.01. The fourth-order valence-electron chi connectivity index (χ4n) is 3.97. The van der Waals surface area contributed by atoms with E-state index < -0.39 is 11.7 Å². The second kappa shape index (κ2) is 7.92. The molecule has 0 N–H and O–H groups in total. The maximum atomic E-state index is 12.9. The van der Waals surface area contributed by atoms with Crippen molar-refractivity contribution in [2.75, 3.05) is 16.8 Å². The SMILES string of the molecule is CCC1C(=O)N(C)c2cnc(-n3ccnc3-c3ccc(C(F)(F)F)cc3)nc2N1C(C)C. The minimum Gasteiger partial charge on any atom is -0.340 e. The average molecular weight is 444 g/mol. The molecule has 0 radical (unpaired) electrons. The van der Waals surface area contributed by atoms with Crippen LogP contribution in [0.1, 0.15) is 32.8 Å². The van der Waals surface area contributed by atoms with Crippen molar-refractivity contribution < 1.29 is 18.0 Å². The number of carbonyl (C=O) groups excluding carboxylic acids is 1. The third-order valence-corrected chi connectivity index (χ3v) is 5.56. The van der Waals surface area contributed by atoms with Crippen LogP contribution in [-0.4, -0.2) is 44.6 Å². The summed E-state index contributed by atoms with van der Waals surface area (Å²) in [5.74, 6) is 1.35. The van der Waals surface area contributed by atoms with Crippen LogP contribution in [0.15, 0.2) is 42.9 Å². The van der Waals surface area contributed by atoms with Gasteiger partial charge in [0.1, 0.15) is 17.6 Å². The first-order valence-electron chi connectivity index (χ1n) is 10.3. The maximum absolute atomic E-state index is 12.9. The minimum atomic E-state index is -4.41. The van der Waals surface area contributed by atoms with E-state index in [2.05, 4.69) is 9.97 Å². The Kier molecular flexibility index (Phi) is 5.39. The highest BCUT2D eigenvalue weighted by atomic mass is 19.4. The van der Waals surface area contributed by atoms with Crippen molar-refractivity contribution in [1.82, 2.24) is 19.5 Å². The van der Waals surface area contributed by atoms with Gasteiger partial charge in [-0.1, -0.05) is 19.1 Å². The molecular formula is C22H23F3N6O. The van der Waals surface area contributed by atoms with Crippen LogP contribution in [0.2, 0.25) is 0 Å². The lowest BCUT2D eigenvalue weighted by atomic mass is 10.1. The zero-order chi connectivity index (χ0) is 23.2. The van der Waals surface area contributed by atoms with Crippen molar-refractivity contribution in [1.29, 1.82) is 0 Å². The van der Waals surface area contributed by atoms with Crippen LogP contribution < -0.4 is 9.80 Å². The zero-order valence-corrected chi connectivity index (χ0v) is 18.1. The summed E-state index contributed by atoms with van der Waals surface area (Å²) in [6.45, 7) is 5.95. The molecule has 32 heavy (non-hydrogen) atoms. The summed E-state index contributed by atoms with van der Waals surface area (Å²) in [5, 5.41) is 0. The molecule has 0 bridgehead atoms. The number of fused-ring (bicyclic) bond motifs is 1. The molecule has 2 aromatic heterocycles. The quantitative estimate of drug-likeness (QED) is 0.600. The number of benzene rings is 1. The molecule has 7 nitrogen and oxygen atoms in total. The Balaban J connectivity index is 1.79. The van der Waals surface area contributed by atoms with Crippen LogP contribution in [0.3, 0.4) is 0 Å². The van der Waals surface area contributed by atoms with E-state index >= 15 is 0 Å². The van der Waals surface area contributed by atoms with Crippen molar-refractivity contribution in [3.8, 4) is 17.3 Å². The number of likely N-dealkylation sites (N-methyl/N-ethyl adjacent to an activating group) is 1. The Bertz CT molecular complexity index is 1140. The van der Waals surface area contributed by atoms with E-state index in [1.54, 1.807) is 35.1 Å². The smallest absolute Gasteiger partial charge is 0.340 e. The van der Waals surface area contributed by atoms with Gasteiger partial charge in [0, 0.05) is 31.0 Å². The topological polar surface area (TPSA) is 67.2 Å². The van der Waals surface area contributed by atoms with Crippen LogP contribution in [0.25, 0.3) is 17.3 Å². The first-order valence-corrected chi connectivity index (χ1v) is 10.3. The van der Waals surface area contributed by atoms with Gasteiger partial charge in [-0.3, -0.25) is 9.36 Å². The van der Waals surface area contributed by atoms with E-state index in [-0.39, 0.29) is 18.0 Å². The number of hydrogen-bond acceptors (Lipinski definition) is 5. The highest BCUT2D eigenvalue weighted by Gasteiger charge is 2.38. The predicted octanol–water partition coefficient (Wildman–Crippen LogP) is 4.32. The number of halogens is 3. The fourth-order valence-corrected chi connectivity index (χ4v) is 3.97. The Morgan fingerprint density at radius 2 is 1.81 bits per heavy atom. The van der Waals surface area contributed by atoms with E-state index in [9.17, 15) is 18.0 Å². The van der Waals surface area contributed by atoms with Gasteiger partial charge in [0.15, 0.2) is 5.82 Å². The van der Waals surface area contributed by atoms with Gasteiger partial charge in [-0.05, 0) is 32.4 Å². The number of nitrogens with zero attached hydrogens (tertiary/aromatic N) is 6. The van der Waals surface area contributed by atoms with Crippen molar-refractivity contribution in [2.24, 2.45) is 0 Å². The molecule has 1 aliphatic rings. The number of amides is 1. The first kappa shape index (κ1) is 21.8. The van der Waals surface area contributed by atoms with Crippen molar-refractivity contribution in [3.05, 3.63) is 48.4 Å². The molecule has 0 aliphatic carbocycles. The number of alkyl halides is 3. The first-order chi connectivity index (χ1) is 15.1. The van der Waals surface area contributed by atoms with E-state index in [1.165, 1.54) is 12.1 Å². The summed E-state index contributed by atoms with van der Waals surface area (Å²) in [5.41, 5.74) is 0.382. The molecular weight excluding hydrogens is 421 g/mol. The van der Waals surface area contributed by atoms with Gasteiger partial charge < -0.3 is 9.80 Å². The number of aromatic nitrogens is 4. The summed E-state index contributed by atoms with van der Waals surface area (Å²) < 4.78 is 40.4. The van der Waals surface area contributed by atoms with Crippen molar-refractivity contribution in [2.45, 2.75) is 45.5 Å². The third kappa shape index (κ3) is 3.59. The van der Waals surface area contributed by atoms with Crippen molar-refractivity contribution in [3.63, 3.8) is 0 Å². The minimum absolute atomic E-state index is 0.0156. The van der Waals surface area contributed by atoms with E-state index in [1.807, 2.05) is 25.7 Å². The summed E-state index contributed by atoms with van der Waals surface area (Å²) in [7, 11) is 1.70. The molecule has 1 aliphatic heterocycles. The molecule has 0 saturated carbocycles. The zero-order valence-electron chi connectivity index (χ0n) is 18.1. The van der Waals surface area contributed by atoms with Crippen LogP contribution >= 0.6 is 0 Å². The van der Waals surface area contributed by atoms with E-state index in [0.717, 1.165) is 12.1 Å². The Hall–Kier alpha value is -3.43.